The van der Waals surface area contributed by atoms with Gasteiger partial charge in [-0.15, -0.1) is 0 Å². The summed E-state index contributed by atoms with van der Waals surface area (Å²) in [5, 5.41) is 2.55. The Labute approximate surface area is 171 Å². The monoisotopic (exact) mass is 470 g/mol. The molecule has 0 unspecified atom stereocenters. The number of hydrogen-bond donors (Lipinski definition) is 1. The average Bonchev–Trinajstić information content (AvgIpc) is 2.68. The number of carbonyl (C=O) groups is 1. The van der Waals surface area contributed by atoms with Crippen molar-refractivity contribution < 1.29 is 22.3 Å². The summed E-state index contributed by atoms with van der Waals surface area (Å²) >= 11 is 3.14. The lowest BCUT2D eigenvalue weighted by Crippen LogP contribution is -2.35. The van der Waals surface area contributed by atoms with E-state index < -0.39 is 21.7 Å². The molecule has 1 amide bonds. The maximum absolute atomic E-state index is 14.0. The molecule has 1 heterocycles. The van der Waals surface area contributed by atoms with Crippen molar-refractivity contribution in [3.63, 3.8) is 0 Å². The fourth-order valence-corrected chi connectivity index (χ4v) is 5.10. The smallest absolute Gasteiger partial charge is 0.258 e. The number of nitrogens with one attached hydrogen (secondary N) is 1. The Hall–Kier alpha value is -1.97. The zero-order valence-corrected chi connectivity index (χ0v) is 17.6. The molecule has 9 heteroatoms. The minimum atomic E-state index is -3.76. The Morgan fingerprint density at radius 2 is 1.86 bits per heavy atom. The van der Waals surface area contributed by atoms with Crippen LogP contribution in [0.25, 0.3) is 0 Å². The van der Waals surface area contributed by atoms with Crippen LogP contribution in [0.15, 0.2) is 45.8 Å². The fourth-order valence-electron chi connectivity index (χ4n) is 3.07. The Bertz CT molecular complexity index is 991. The van der Waals surface area contributed by atoms with Gasteiger partial charge in [-0.05, 0) is 49.2 Å². The lowest BCUT2D eigenvalue weighted by molar-refractivity contribution is 0.102. The van der Waals surface area contributed by atoms with Crippen molar-refractivity contribution in [2.24, 2.45) is 0 Å². The number of benzene rings is 2. The first-order valence-electron chi connectivity index (χ1n) is 8.77. The molecule has 0 saturated carbocycles. The maximum atomic E-state index is 14.0. The van der Waals surface area contributed by atoms with Gasteiger partial charge in [0.1, 0.15) is 16.5 Å². The molecule has 0 bridgehead atoms. The highest BCUT2D eigenvalue weighted by atomic mass is 79.9. The SMILES string of the molecule is COc1ccc(NC(=O)c2ccc(Br)cc2F)cc1S(=O)(=O)N1CCCCC1. The van der Waals surface area contributed by atoms with E-state index in [2.05, 4.69) is 21.2 Å². The van der Waals surface area contributed by atoms with E-state index in [0.29, 0.717) is 17.6 Å². The maximum Gasteiger partial charge on any atom is 0.258 e. The lowest BCUT2D eigenvalue weighted by atomic mass is 10.2. The summed E-state index contributed by atoms with van der Waals surface area (Å²) in [6.07, 6.45) is 2.61. The van der Waals surface area contributed by atoms with Crippen LogP contribution in [-0.2, 0) is 10.0 Å². The highest BCUT2D eigenvalue weighted by Crippen LogP contribution is 2.31. The van der Waals surface area contributed by atoms with Gasteiger partial charge in [0, 0.05) is 23.2 Å². The largest absolute Gasteiger partial charge is 0.495 e. The summed E-state index contributed by atoms with van der Waals surface area (Å²) in [4.78, 5) is 12.4. The van der Waals surface area contributed by atoms with Gasteiger partial charge in [-0.2, -0.15) is 4.31 Å². The molecule has 0 spiro atoms. The molecule has 28 heavy (non-hydrogen) atoms. The van der Waals surface area contributed by atoms with E-state index in [-0.39, 0.29) is 21.9 Å². The molecule has 1 N–H and O–H groups in total. The second kappa shape index (κ2) is 8.59. The summed E-state index contributed by atoms with van der Waals surface area (Å²) in [6.45, 7) is 0.901. The minimum absolute atomic E-state index is 0.0222. The number of amides is 1. The predicted molar refractivity (Wildman–Crippen MR) is 108 cm³/mol. The standard InChI is InChI=1S/C19H20BrFN2O4S/c1-27-17-8-6-14(22-19(24)15-7-5-13(20)11-16(15)21)12-18(17)28(25,26)23-9-3-2-4-10-23/h5-8,11-12H,2-4,9-10H2,1H3,(H,22,24). The summed E-state index contributed by atoms with van der Waals surface area (Å²) in [7, 11) is -2.38. The number of ether oxygens (including phenoxy) is 1. The second-order valence-electron chi connectivity index (χ2n) is 6.41. The van der Waals surface area contributed by atoms with E-state index in [1.165, 1.54) is 41.7 Å². The summed E-state index contributed by atoms with van der Waals surface area (Å²) in [5.41, 5.74) is 0.100. The average molecular weight is 471 g/mol. The molecule has 3 rings (SSSR count). The fraction of sp³-hybridized carbons (Fsp3) is 0.316. The van der Waals surface area contributed by atoms with Gasteiger partial charge in [0.15, 0.2) is 0 Å². The van der Waals surface area contributed by atoms with Crippen molar-refractivity contribution in [3.05, 3.63) is 52.3 Å². The van der Waals surface area contributed by atoms with Crippen LogP contribution in [0.1, 0.15) is 29.6 Å². The summed E-state index contributed by atoms with van der Waals surface area (Å²) in [6, 6.07) is 8.43. The minimum Gasteiger partial charge on any atom is -0.495 e. The summed E-state index contributed by atoms with van der Waals surface area (Å²) in [5.74, 6) is -1.16. The zero-order chi connectivity index (χ0) is 20.3. The van der Waals surface area contributed by atoms with Crippen LogP contribution < -0.4 is 10.1 Å². The van der Waals surface area contributed by atoms with Crippen molar-refractivity contribution in [1.29, 1.82) is 0 Å². The number of halogens is 2. The second-order valence-corrected chi connectivity index (χ2v) is 9.23. The number of piperidine rings is 1. The number of carbonyl (C=O) groups excluding carboxylic acids is 1. The number of hydrogen-bond acceptors (Lipinski definition) is 4. The van der Waals surface area contributed by atoms with E-state index in [1.807, 2.05) is 0 Å². The Kier molecular flexibility index (Phi) is 6.36. The lowest BCUT2D eigenvalue weighted by Gasteiger charge is -2.26. The number of rotatable bonds is 5. The van der Waals surface area contributed by atoms with Crippen molar-refractivity contribution in [3.8, 4) is 5.75 Å². The van der Waals surface area contributed by atoms with Gasteiger partial charge in [0.2, 0.25) is 10.0 Å². The first-order valence-corrected chi connectivity index (χ1v) is 11.0. The van der Waals surface area contributed by atoms with Crippen LogP contribution in [0.4, 0.5) is 10.1 Å². The number of anilines is 1. The molecule has 0 aliphatic carbocycles. The third-order valence-electron chi connectivity index (χ3n) is 4.53. The molecule has 6 nitrogen and oxygen atoms in total. The van der Waals surface area contributed by atoms with Crippen LogP contribution in [-0.4, -0.2) is 38.8 Å². The highest BCUT2D eigenvalue weighted by molar-refractivity contribution is 9.10. The van der Waals surface area contributed by atoms with E-state index in [1.54, 1.807) is 6.07 Å². The Balaban J connectivity index is 1.91. The molecule has 2 aromatic carbocycles. The summed E-state index contributed by atoms with van der Waals surface area (Å²) < 4.78 is 47.2. The Morgan fingerprint density at radius 1 is 1.14 bits per heavy atom. The highest BCUT2D eigenvalue weighted by Gasteiger charge is 2.29. The molecule has 0 atom stereocenters. The third kappa shape index (κ3) is 4.37. The normalized spacial score (nSPS) is 15.2. The van der Waals surface area contributed by atoms with Gasteiger partial charge in [-0.1, -0.05) is 22.4 Å². The number of nitrogens with zero attached hydrogens (tertiary/aromatic N) is 1. The topological polar surface area (TPSA) is 75.7 Å². The zero-order valence-electron chi connectivity index (χ0n) is 15.2. The van der Waals surface area contributed by atoms with Gasteiger partial charge in [-0.25, -0.2) is 12.8 Å². The van der Waals surface area contributed by atoms with E-state index >= 15 is 0 Å². The molecule has 0 aromatic heterocycles. The molecule has 1 aliphatic rings. The van der Waals surface area contributed by atoms with Crippen molar-refractivity contribution >= 4 is 37.5 Å². The van der Waals surface area contributed by atoms with E-state index in [4.69, 9.17) is 4.74 Å². The third-order valence-corrected chi connectivity index (χ3v) is 6.94. The van der Waals surface area contributed by atoms with Crippen molar-refractivity contribution in [2.75, 3.05) is 25.5 Å². The molecule has 1 saturated heterocycles. The van der Waals surface area contributed by atoms with Crippen LogP contribution >= 0.6 is 15.9 Å². The van der Waals surface area contributed by atoms with Gasteiger partial charge >= 0.3 is 0 Å². The molecular formula is C19H20BrFN2O4S. The van der Waals surface area contributed by atoms with Crippen LogP contribution in [0.2, 0.25) is 0 Å². The molecule has 2 aromatic rings. The molecular weight excluding hydrogens is 451 g/mol. The van der Waals surface area contributed by atoms with Crippen LogP contribution in [0.5, 0.6) is 5.75 Å². The van der Waals surface area contributed by atoms with E-state index in [9.17, 15) is 17.6 Å². The Morgan fingerprint density at radius 3 is 2.50 bits per heavy atom. The predicted octanol–water partition coefficient (Wildman–Crippen LogP) is 4.02. The molecule has 1 fully saturated rings. The first kappa shape index (κ1) is 20.8. The number of methoxy groups -OCH3 is 1. The number of sulfonamides is 1. The van der Waals surface area contributed by atoms with Gasteiger partial charge in [-0.3, -0.25) is 4.79 Å². The van der Waals surface area contributed by atoms with Crippen LogP contribution in [0.3, 0.4) is 0 Å². The van der Waals surface area contributed by atoms with Gasteiger partial charge in [0.05, 0.1) is 12.7 Å². The molecule has 150 valence electrons. The van der Waals surface area contributed by atoms with Gasteiger partial charge < -0.3 is 10.1 Å². The van der Waals surface area contributed by atoms with E-state index in [0.717, 1.165) is 19.3 Å². The molecule has 0 radical (unpaired) electrons. The van der Waals surface area contributed by atoms with Gasteiger partial charge in [0.25, 0.3) is 5.91 Å². The van der Waals surface area contributed by atoms with Crippen molar-refractivity contribution in [1.82, 2.24) is 4.31 Å². The molecule has 1 aliphatic heterocycles. The van der Waals surface area contributed by atoms with Crippen LogP contribution in [0, 0.1) is 5.82 Å². The quantitative estimate of drug-likeness (QED) is 0.715. The van der Waals surface area contributed by atoms with Crippen molar-refractivity contribution in [2.45, 2.75) is 24.2 Å². The first-order chi connectivity index (χ1) is 13.3.